The van der Waals surface area contributed by atoms with Crippen LogP contribution in [0.3, 0.4) is 0 Å². The van der Waals surface area contributed by atoms with Crippen LogP contribution in [0.15, 0.2) is 12.1 Å². The fourth-order valence-electron chi connectivity index (χ4n) is 3.19. The van der Waals surface area contributed by atoms with Gasteiger partial charge in [-0.3, -0.25) is 9.59 Å². The number of ether oxygens (including phenoxy) is 1. The molecule has 1 fully saturated rings. The van der Waals surface area contributed by atoms with Crippen LogP contribution in [0.4, 0.5) is 22.0 Å². The average molecular weight is 836 g/mol. The molecule has 1 amide bonds. The summed E-state index contributed by atoms with van der Waals surface area (Å²) in [6, 6.07) is 2.82. The smallest absolute Gasteiger partial charge is 0.432 e. The minimum atomic E-state index is -6.77. The first kappa shape index (κ1) is 29.1. The molecule has 16 heteroatoms. The molecule has 7 nitrogen and oxygen atoms in total. The third-order valence-electron chi connectivity index (χ3n) is 4.75. The van der Waals surface area contributed by atoms with Gasteiger partial charge in [0, 0.05) is 16.8 Å². The SMILES string of the molecule is O=C(NC1CCCC(C(=O)OC(C(F)(F)F)C(F)(F)S(=O)(=O)[O-])C1)c1cc(I)cc(I)c1I. The number of benzene rings is 1. The highest BCUT2D eigenvalue weighted by Crippen LogP contribution is 2.39. The number of alkyl halides is 5. The van der Waals surface area contributed by atoms with E-state index in [4.69, 9.17) is 0 Å². The zero-order valence-electron chi connectivity index (χ0n) is 16.1. The second kappa shape index (κ2) is 10.9. The molecular formula is C17H14F5I3NO6S-. The van der Waals surface area contributed by atoms with Crippen LogP contribution >= 0.6 is 67.8 Å². The molecule has 0 radical (unpaired) electrons. The predicted octanol–water partition coefficient (Wildman–Crippen LogP) is 4.40. The predicted molar refractivity (Wildman–Crippen MR) is 128 cm³/mol. The molecule has 3 unspecified atom stereocenters. The van der Waals surface area contributed by atoms with Crippen molar-refractivity contribution in [2.45, 2.75) is 49.3 Å². The fraction of sp³-hybridized carbons (Fsp3) is 0.529. The van der Waals surface area contributed by atoms with Crippen molar-refractivity contribution in [1.82, 2.24) is 5.32 Å². The Hall–Kier alpha value is -0.0900. The van der Waals surface area contributed by atoms with E-state index < -0.39 is 51.5 Å². The van der Waals surface area contributed by atoms with Crippen molar-refractivity contribution in [2.24, 2.45) is 5.92 Å². The molecule has 0 saturated heterocycles. The van der Waals surface area contributed by atoms with Gasteiger partial charge in [-0.05, 0) is 99.2 Å². The van der Waals surface area contributed by atoms with Gasteiger partial charge in [-0.2, -0.15) is 22.0 Å². The van der Waals surface area contributed by atoms with E-state index in [-0.39, 0.29) is 19.3 Å². The Morgan fingerprint density at radius 1 is 1.12 bits per heavy atom. The van der Waals surface area contributed by atoms with E-state index in [1.54, 1.807) is 6.07 Å². The summed E-state index contributed by atoms with van der Waals surface area (Å²) in [7, 11) is -6.77. The standard InChI is InChI=1S/C17H15F5I3NO6S/c18-16(19,20)15(17(21,22)33(29,30)31)32-14(28)7-2-1-3-9(4-7)26-13(27)10-5-8(23)6-11(24)12(10)25/h5-7,9,15H,1-4H2,(H,26,27)(H,29,30,31)/p-1. The number of halogens is 8. The summed E-state index contributed by atoms with van der Waals surface area (Å²) < 4.78 is 104. The van der Waals surface area contributed by atoms with Gasteiger partial charge in [-0.1, -0.05) is 6.42 Å². The Morgan fingerprint density at radius 2 is 1.73 bits per heavy atom. The van der Waals surface area contributed by atoms with E-state index in [2.05, 4.69) is 10.1 Å². The molecule has 3 atom stereocenters. The van der Waals surface area contributed by atoms with E-state index >= 15 is 0 Å². The Labute approximate surface area is 226 Å². The molecule has 1 aliphatic rings. The van der Waals surface area contributed by atoms with Crippen molar-refractivity contribution in [3.63, 3.8) is 0 Å². The summed E-state index contributed by atoms with van der Waals surface area (Å²) in [5.41, 5.74) is 0.356. The maximum atomic E-state index is 13.6. The van der Waals surface area contributed by atoms with Gasteiger partial charge in [0.15, 0.2) is 10.1 Å². The number of hydrogen-bond donors (Lipinski definition) is 1. The van der Waals surface area contributed by atoms with E-state index in [0.29, 0.717) is 15.6 Å². The maximum absolute atomic E-state index is 13.6. The topological polar surface area (TPSA) is 113 Å². The molecule has 1 saturated carbocycles. The first-order valence-corrected chi connectivity index (χ1v) is 13.7. The number of esters is 1. The third kappa shape index (κ3) is 7.21. The number of hydrogen-bond acceptors (Lipinski definition) is 6. The van der Waals surface area contributed by atoms with Gasteiger partial charge in [-0.25, -0.2) is 8.42 Å². The van der Waals surface area contributed by atoms with Gasteiger partial charge in [0.1, 0.15) is 0 Å². The Bertz CT molecular complexity index is 1040. The minimum Gasteiger partial charge on any atom is -0.743 e. The normalized spacial score (nSPS) is 20.8. The molecule has 186 valence electrons. The summed E-state index contributed by atoms with van der Waals surface area (Å²) in [5, 5.41) is -3.22. The highest BCUT2D eigenvalue weighted by atomic mass is 127. The zero-order valence-corrected chi connectivity index (χ0v) is 23.4. The van der Waals surface area contributed by atoms with Crippen molar-refractivity contribution in [3.8, 4) is 0 Å². The molecule has 1 aromatic rings. The van der Waals surface area contributed by atoms with Crippen LogP contribution in [0, 0.1) is 16.6 Å². The zero-order chi connectivity index (χ0) is 25.4. The first-order valence-electron chi connectivity index (χ1n) is 9.01. The molecule has 0 bridgehead atoms. The molecule has 2 rings (SSSR count). The summed E-state index contributed by atoms with van der Waals surface area (Å²) in [4.78, 5) is 24.9. The highest BCUT2D eigenvalue weighted by molar-refractivity contribution is 14.1. The number of rotatable bonds is 6. The van der Waals surface area contributed by atoms with Crippen LogP contribution in [0.5, 0.6) is 0 Å². The summed E-state index contributed by atoms with van der Waals surface area (Å²) in [6.07, 6.45) is -10.0. The molecule has 33 heavy (non-hydrogen) atoms. The Kier molecular flexibility index (Phi) is 9.62. The van der Waals surface area contributed by atoms with Crippen LogP contribution < -0.4 is 5.32 Å². The number of amides is 1. The van der Waals surface area contributed by atoms with Crippen molar-refractivity contribution >= 4 is 89.8 Å². The number of carbonyl (C=O) groups excluding carboxylic acids is 2. The monoisotopic (exact) mass is 836 g/mol. The van der Waals surface area contributed by atoms with Crippen molar-refractivity contribution in [3.05, 3.63) is 28.4 Å². The number of nitrogens with one attached hydrogen (secondary N) is 1. The largest absolute Gasteiger partial charge is 0.743 e. The molecule has 0 aliphatic heterocycles. The van der Waals surface area contributed by atoms with E-state index in [0.717, 1.165) is 7.14 Å². The Balaban J connectivity index is 2.14. The second-order valence-electron chi connectivity index (χ2n) is 7.16. The summed E-state index contributed by atoms with van der Waals surface area (Å²) in [5.74, 6) is -3.51. The lowest BCUT2D eigenvalue weighted by molar-refractivity contribution is -0.261. The lowest BCUT2D eigenvalue weighted by atomic mass is 9.85. The number of carbonyl (C=O) groups is 2. The van der Waals surface area contributed by atoms with Crippen LogP contribution in [0.2, 0.25) is 0 Å². The average Bonchev–Trinajstić information content (AvgIpc) is 2.66. The van der Waals surface area contributed by atoms with Crippen molar-refractivity contribution in [1.29, 1.82) is 0 Å². The van der Waals surface area contributed by atoms with Crippen molar-refractivity contribution < 1.29 is 49.2 Å². The molecule has 1 N–H and O–H groups in total. The lowest BCUT2D eigenvalue weighted by Crippen LogP contribution is -2.53. The Morgan fingerprint density at radius 3 is 2.27 bits per heavy atom. The minimum absolute atomic E-state index is 0.0237. The second-order valence-corrected chi connectivity index (χ2v) is 12.1. The lowest BCUT2D eigenvalue weighted by Gasteiger charge is -2.33. The molecule has 0 heterocycles. The maximum Gasteiger partial charge on any atom is 0.432 e. The third-order valence-corrected chi connectivity index (χ3v) is 9.30. The van der Waals surface area contributed by atoms with Gasteiger partial charge in [-0.15, -0.1) is 0 Å². The van der Waals surface area contributed by atoms with E-state index in [1.165, 1.54) is 0 Å². The highest BCUT2D eigenvalue weighted by Gasteiger charge is 2.63. The quantitative estimate of drug-likeness (QED) is 0.150. The van der Waals surface area contributed by atoms with Crippen LogP contribution in [0.25, 0.3) is 0 Å². The van der Waals surface area contributed by atoms with E-state index in [9.17, 15) is 44.5 Å². The first-order chi connectivity index (χ1) is 14.9. The molecule has 1 aliphatic carbocycles. The van der Waals surface area contributed by atoms with Crippen molar-refractivity contribution in [2.75, 3.05) is 0 Å². The van der Waals surface area contributed by atoms with Gasteiger partial charge in [0.2, 0.25) is 0 Å². The van der Waals surface area contributed by atoms with Crippen LogP contribution in [-0.2, 0) is 19.6 Å². The molecule has 0 aromatic heterocycles. The molecular weight excluding hydrogens is 822 g/mol. The fourth-order valence-corrected chi connectivity index (χ4v) is 6.03. The van der Waals surface area contributed by atoms with Gasteiger partial charge < -0.3 is 14.6 Å². The van der Waals surface area contributed by atoms with Crippen LogP contribution in [0.1, 0.15) is 36.0 Å². The van der Waals surface area contributed by atoms with Crippen LogP contribution in [-0.4, -0.2) is 48.4 Å². The van der Waals surface area contributed by atoms with Gasteiger partial charge in [0.25, 0.3) is 12.0 Å². The molecule has 1 aromatic carbocycles. The summed E-state index contributed by atoms with van der Waals surface area (Å²) in [6.45, 7) is 0. The molecule has 0 spiro atoms. The van der Waals surface area contributed by atoms with Gasteiger partial charge >= 0.3 is 17.4 Å². The van der Waals surface area contributed by atoms with E-state index in [1.807, 2.05) is 73.8 Å². The van der Waals surface area contributed by atoms with Gasteiger partial charge in [0.05, 0.1) is 11.5 Å². The summed E-state index contributed by atoms with van der Waals surface area (Å²) >= 11 is 6.06.